The topological polar surface area (TPSA) is 26.7 Å². The van der Waals surface area contributed by atoms with Gasteiger partial charge in [-0.15, -0.1) is 0 Å². The highest BCUT2D eigenvalue weighted by Gasteiger charge is 2.38. The van der Waals surface area contributed by atoms with Gasteiger partial charge in [0, 0.05) is 24.5 Å². The highest BCUT2D eigenvalue weighted by Crippen LogP contribution is 2.42. The molecule has 0 atom stereocenters. The first kappa shape index (κ1) is 17.8. The Bertz CT molecular complexity index is 505. The molecule has 3 rings (SSSR count). The maximum absolute atomic E-state index is 13.4. The molecule has 0 unspecified atom stereocenters. The van der Waals surface area contributed by atoms with Crippen molar-refractivity contribution >= 4 is 0 Å². The molecule has 0 amide bonds. The zero-order valence-corrected chi connectivity index (χ0v) is 14.9. The lowest BCUT2D eigenvalue weighted by atomic mass is 9.78. The van der Waals surface area contributed by atoms with Gasteiger partial charge < -0.3 is 10.0 Å². The molecule has 1 aliphatic carbocycles. The fourth-order valence-corrected chi connectivity index (χ4v) is 4.66. The van der Waals surface area contributed by atoms with E-state index < -0.39 is 0 Å². The summed E-state index contributed by atoms with van der Waals surface area (Å²) >= 11 is 0. The van der Waals surface area contributed by atoms with E-state index in [0.717, 1.165) is 26.2 Å². The Morgan fingerprint density at radius 1 is 1.17 bits per heavy atom. The molecule has 1 aliphatic heterocycles. The molecule has 0 bridgehead atoms. The van der Waals surface area contributed by atoms with Crippen molar-refractivity contribution in [3.8, 4) is 0 Å². The second-order valence-corrected chi connectivity index (χ2v) is 7.72. The molecule has 1 N–H and O–H groups in total. The van der Waals surface area contributed by atoms with E-state index in [4.69, 9.17) is 0 Å². The number of halogens is 1. The molecule has 1 saturated heterocycles. The minimum Gasteiger partial charge on any atom is -0.395 e. The molecular weight excluding hydrogens is 303 g/mol. The summed E-state index contributed by atoms with van der Waals surface area (Å²) in [7, 11) is 2.18. The van der Waals surface area contributed by atoms with E-state index in [2.05, 4.69) is 16.8 Å². The van der Waals surface area contributed by atoms with Crippen molar-refractivity contribution in [3.63, 3.8) is 0 Å². The fraction of sp³-hybridized carbons (Fsp3) is 0.700. The number of likely N-dealkylation sites (tertiary alicyclic amines) is 1. The third kappa shape index (κ3) is 3.98. The van der Waals surface area contributed by atoms with Gasteiger partial charge in [0.15, 0.2) is 0 Å². The third-order valence-electron chi connectivity index (χ3n) is 6.11. The molecule has 24 heavy (non-hydrogen) atoms. The van der Waals surface area contributed by atoms with Crippen LogP contribution >= 0.6 is 0 Å². The van der Waals surface area contributed by atoms with Crippen molar-refractivity contribution in [2.45, 2.75) is 50.0 Å². The number of hydrogen-bond donors (Lipinski definition) is 1. The lowest BCUT2D eigenvalue weighted by molar-refractivity contribution is 0.0783. The summed E-state index contributed by atoms with van der Waals surface area (Å²) in [5.41, 5.74) is 1.41. The van der Waals surface area contributed by atoms with Crippen molar-refractivity contribution in [3.05, 3.63) is 35.6 Å². The van der Waals surface area contributed by atoms with Crippen LogP contribution in [-0.2, 0) is 5.41 Å². The summed E-state index contributed by atoms with van der Waals surface area (Å²) in [5.74, 6) is -0.158. The van der Waals surface area contributed by atoms with Crippen LogP contribution in [0.15, 0.2) is 24.3 Å². The Labute approximate surface area is 145 Å². The number of nitrogens with zero attached hydrogens (tertiary/aromatic N) is 2. The summed E-state index contributed by atoms with van der Waals surface area (Å²) in [6.45, 7) is 4.23. The van der Waals surface area contributed by atoms with E-state index in [1.54, 1.807) is 12.1 Å². The smallest absolute Gasteiger partial charge is 0.123 e. The first-order valence-electron chi connectivity index (χ1n) is 9.42. The van der Waals surface area contributed by atoms with Crippen LogP contribution in [0.3, 0.4) is 0 Å². The normalized spacial score (nSPS) is 22.3. The molecule has 1 heterocycles. The quantitative estimate of drug-likeness (QED) is 0.866. The molecular formula is C20H31FN2O. The van der Waals surface area contributed by atoms with Gasteiger partial charge in [0.05, 0.1) is 6.61 Å². The lowest BCUT2D eigenvalue weighted by Gasteiger charge is -2.42. The average molecular weight is 334 g/mol. The molecule has 134 valence electrons. The molecule has 2 fully saturated rings. The molecule has 0 aromatic heterocycles. The van der Waals surface area contributed by atoms with Crippen LogP contribution in [-0.4, -0.2) is 60.8 Å². The monoisotopic (exact) mass is 334 g/mol. The molecule has 4 heteroatoms. The first-order chi connectivity index (χ1) is 11.6. The van der Waals surface area contributed by atoms with Crippen molar-refractivity contribution in [2.24, 2.45) is 0 Å². The summed E-state index contributed by atoms with van der Waals surface area (Å²) < 4.78 is 13.4. The Balaban J connectivity index is 1.78. The van der Waals surface area contributed by atoms with E-state index >= 15 is 0 Å². The number of benzene rings is 1. The van der Waals surface area contributed by atoms with E-state index in [9.17, 15) is 9.50 Å². The van der Waals surface area contributed by atoms with Crippen LogP contribution in [0.5, 0.6) is 0 Å². The molecule has 2 aliphatic rings. The molecule has 0 radical (unpaired) electrons. The second kappa shape index (κ2) is 7.94. The largest absolute Gasteiger partial charge is 0.395 e. The summed E-state index contributed by atoms with van der Waals surface area (Å²) in [5, 5.41) is 9.58. The van der Waals surface area contributed by atoms with Crippen LogP contribution in [0.4, 0.5) is 4.39 Å². The van der Waals surface area contributed by atoms with Gasteiger partial charge in [0.2, 0.25) is 0 Å². The number of rotatable bonds is 6. The molecule has 1 saturated carbocycles. The number of aliphatic hydroxyl groups excluding tert-OH is 1. The molecule has 1 aromatic rings. The van der Waals surface area contributed by atoms with Crippen LogP contribution in [0.2, 0.25) is 0 Å². The van der Waals surface area contributed by atoms with Gasteiger partial charge in [-0.2, -0.15) is 0 Å². The summed E-state index contributed by atoms with van der Waals surface area (Å²) in [4.78, 5) is 4.90. The standard InChI is InChI=1S/C20H31FN2O/c1-22-12-8-19(9-13-22)23(14-15-24)16-20(10-2-3-11-20)17-4-6-18(21)7-5-17/h4-7,19,24H,2-3,8-16H2,1H3. The Morgan fingerprint density at radius 3 is 2.38 bits per heavy atom. The van der Waals surface area contributed by atoms with Gasteiger partial charge in [-0.1, -0.05) is 25.0 Å². The maximum atomic E-state index is 13.4. The zero-order chi connectivity index (χ0) is 17.0. The van der Waals surface area contributed by atoms with Crippen LogP contribution in [0.1, 0.15) is 44.1 Å². The molecule has 3 nitrogen and oxygen atoms in total. The van der Waals surface area contributed by atoms with Gasteiger partial charge in [-0.3, -0.25) is 4.90 Å². The van der Waals surface area contributed by atoms with E-state index in [1.807, 2.05) is 12.1 Å². The highest BCUT2D eigenvalue weighted by atomic mass is 19.1. The average Bonchev–Trinajstić information content (AvgIpc) is 3.05. The van der Waals surface area contributed by atoms with Gasteiger partial charge >= 0.3 is 0 Å². The highest BCUT2D eigenvalue weighted by molar-refractivity contribution is 5.28. The van der Waals surface area contributed by atoms with E-state index in [-0.39, 0.29) is 17.8 Å². The number of hydrogen-bond acceptors (Lipinski definition) is 3. The van der Waals surface area contributed by atoms with Gasteiger partial charge in [0.1, 0.15) is 5.82 Å². The minimum absolute atomic E-state index is 0.131. The van der Waals surface area contributed by atoms with Crippen molar-refractivity contribution in [1.82, 2.24) is 9.80 Å². The van der Waals surface area contributed by atoms with Crippen LogP contribution in [0.25, 0.3) is 0 Å². The summed E-state index contributed by atoms with van der Waals surface area (Å²) in [6, 6.07) is 7.72. The third-order valence-corrected chi connectivity index (χ3v) is 6.11. The van der Waals surface area contributed by atoms with Gasteiger partial charge in [-0.25, -0.2) is 4.39 Å². The van der Waals surface area contributed by atoms with Crippen LogP contribution in [0, 0.1) is 5.82 Å². The van der Waals surface area contributed by atoms with E-state index in [1.165, 1.54) is 44.1 Å². The lowest BCUT2D eigenvalue weighted by Crippen LogP contribution is -2.49. The predicted molar refractivity (Wildman–Crippen MR) is 95.7 cm³/mol. The van der Waals surface area contributed by atoms with Crippen molar-refractivity contribution in [2.75, 3.05) is 39.8 Å². The minimum atomic E-state index is -0.158. The summed E-state index contributed by atoms with van der Waals surface area (Å²) in [6.07, 6.45) is 7.20. The zero-order valence-electron chi connectivity index (χ0n) is 14.9. The van der Waals surface area contributed by atoms with Crippen LogP contribution < -0.4 is 0 Å². The van der Waals surface area contributed by atoms with Gasteiger partial charge in [-0.05, 0) is 63.5 Å². The maximum Gasteiger partial charge on any atom is 0.123 e. The Morgan fingerprint density at radius 2 is 1.79 bits per heavy atom. The molecule has 1 aromatic carbocycles. The molecule has 0 spiro atoms. The Hall–Kier alpha value is -0.970. The van der Waals surface area contributed by atoms with E-state index in [0.29, 0.717) is 6.04 Å². The number of aliphatic hydroxyl groups is 1. The Kier molecular flexibility index (Phi) is 5.90. The number of piperidine rings is 1. The van der Waals surface area contributed by atoms with Crippen molar-refractivity contribution in [1.29, 1.82) is 0 Å². The first-order valence-corrected chi connectivity index (χ1v) is 9.42. The van der Waals surface area contributed by atoms with Gasteiger partial charge in [0.25, 0.3) is 0 Å². The SMILES string of the molecule is CN1CCC(N(CCO)CC2(c3ccc(F)cc3)CCCC2)CC1. The fourth-order valence-electron chi connectivity index (χ4n) is 4.66. The van der Waals surface area contributed by atoms with Crippen molar-refractivity contribution < 1.29 is 9.50 Å². The predicted octanol–water partition coefficient (Wildman–Crippen LogP) is 3.03. The second-order valence-electron chi connectivity index (χ2n) is 7.72.